The van der Waals surface area contributed by atoms with Gasteiger partial charge in [-0.3, -0.25) is 19.5 Å². The summed E-state index contributed by atoms with van der Waals surface area (Å²) in [4.78, 5) is 56.9. The fraction of sp³-hybridized carbons (Fsp3) is 0.737. The van der Waals surface area contributed by atoms with Crippen LogP contribution in [0.4, 0.5) is 13.2 Å². The first-order chi connectivity index (χ1) is 14.8. The summed E-state index contributed by atoms with van der Waals surface area (Å²) in [6.45, 7) is 7.70. The molecule has 32 heavy (non-hydrogen) atoms. The highest BCUT2D eigenvalue weighted by molar-refractivity contribution is 6.11. The topological polar surface area (TPSA) is 120 Å². The fourth-order valence-corrected chi connectivity index (χ4v) is 4.57. The maximum absolute atomic E-state index is 12.8. The molecule has 0 bridgehead atoms. The smallest absolute Gasteiger partial charge is 0.475 e. The third-order valence-corrected chi connectivity index (χ3v) is 6.03. The van der Waals surface area contributed by atoms with E-state index in [-0.39, 0.29) is 17.9 Å². The van der Waals surface area contributed by atoms with Crippen molar-refractivity contribution >= 4 is 29.7 Å². The lowest BCUT2D eigenvalue weighted by Crippen LogP contribution is -2.58. The van der Waals surface area contributed by atoms with E-state index in [1.165, 1.54) is 14.2 Å². The van der Waals surface area contributed by atoms with Gasteiger partial charge in [0.15, 0.2) is 11.5 Å². The molecule has 3 heterocycles. The molecule has 0 aromatic heterocycles. The molecule has 3 fully saturated rings. The predicted molar refractivity (Wildman–Crippen MR) is 104 cm³/mol. The van der Waals surface area contributed by atoms with Crippen molar-refractivity contribution in [2.24, 2.45) is 16.8 Å². The molecule has 0 saturated carbocycles. The third kappa shape index (κ3) is 3.88. The summed E-state index contributed by atoms with van der Waals surface area (Å²) in [6, 6.07) is -0.244. The van der Waals surface area contributed by atoms with Gasteiger partial charge in [-0.2, -0.15) is 13.2 Å². The van der Waals surface area contributed by atoms with Crippen LogP contribution in [-0.4, -0.2) is 101 Å². The van der Waals surface area contributed by atoms with Crippen molar-refractivity contribution < 1.29 is 42.2 Å². The number of carbonyl (C=O) groups is 4. The number of likely N-dealkylation sites (N-methyl/N-ethyl adjacent to an activating group) is 1. The average Bonchev–Trinajstić information content (AvgIpc) is 3.30. The minimum Gasteiger partial charge on any atom is -0.475 e. The van der Waals surface area contributed by atoms with Gasteiger partial charge in [0.1, 0.15) is 0 Å². The highest BCUT2D eigenvalue weighted by atomic mass is 19.4. The number of hydrogen-bond acceptors (Lipinski definition) is 6. The maximum atomic E-state index is 12.8. The zero-order valence-electron chi connectivity index (χ0n) is 18.5. The van der Waals surface area contributed by atoms with Gasteiger partial charge in [0, 0.05) is 26.7 Å². The molecule has 0 spiro atoms. The quantitative estimate of drug-likeness (QED) is 0.474. The van der Waals surface area contributed by atoms with Gasteiger partial charge >= 0.3 is 18.1 Å². The minimum absolute atomic E-state index is 0.217. The minimum atomic E-state index is -5.08. The van der Waals surface area contributed by atoms with Crippen molar-refractivity contribution in [2.45, 2.75) is 44.9 Å². The summed E-state index contributed by atoms with van der Waals surface area (Å²) in [7, 11) is 2.81. The van der Waals surface area contributed by atoms with E-state index < -0.39 is 35.5 Å². The molecule has 3 rings (SSSR count). The first-order valence-corrected chi connectivity index (χ1v) is 10.1. The molecule has 3 saturated heterocycles. The number of nitrogens with zero attached hydrogens (tertiary/aromatic N) is 4. The number of halogens is 3. The number of imide groups is 1. The van der Waals surface area contributed by atoms with E-state index in [0.29, 0.717) is 19.0 Å². The number of rotatable bonds is 4. The number of guanidine groups is 1. The molecule has 180 valence electrons. The van der Waals surface area contributed by atoms with Crippen LogP contribution in [-0.2, 0) is 23.9 Å². The van der Waals surface area contributed by atoms with Gasteiger partial charge in [-0.05, 0) is 20.3 Å². The van der Waals surface area contributed by atoms with E-state index >= 15 is 0 Å². The van der Waals surface area contributed by atoms with Gasteiger partial charge in [-0.15, -0.1) is 0 Å². The number of carbonyl (C=O) groups excluding carboxylic acids is 3. The van der Waals surface area contributed by atoms with E-state index in [1.807, 2.05) is 18.7 Å². The van der Waals surface area contributed by atoms with E-state index in [2.05, 4.69) is 9.89 Å². The van der Waals surface area contributed by atoms with Crippen LogP contribution in [0.25, 0.3) is 0 Å². The Morgan fingerprint density at radius 1 is 1.25 bits per heavy atom. The normalized spacial score (nSPS) is 30.3. The number of fused-ring (bicyclic) bond motifs is 3. The molecule has 0 aromatic rings. The number of ether oxygens (including phenoxy) is 1. The molecule has 1 N–H and O–H groups in total. The lowest BCUT2D eigenvalue weighted by Gasteiger charge is -2.37. The Kier molecular flexibility index (Phi) is 7.10. The number of carboxylic acid groups (broad SMARTS) is 1. The molecule has 13 heteroatoms. The zero-order chi connectivity index (χ0) is 24.6. The lowest BCUT2D eigenvalue weighted by atomic mass is 9.81. The van der Waals surface area contributed by atoms with Crippen LogP contribution < -0.4 is 0 Å². The van der Waals surface area contributed by atoms with Crippen LogP contribution >= 0.6 is 0 Å². The monoisotopic (exact) mass is 464 g/mol. The Labute approximate surface area is 183 Å². The SMILES string of the molecule is CCCN=C1N(CC)C[C@@H]2[C@@H]3C(=O)N(C)C(=O)[C@@H]3[C@](C)(C(=O)OC)N12.O=C(O)C(F)(F)F. The Morgan fingerprint density at radius 3 is 2.25 bits per heavy atom. The van der Waals surface area contributed by atoms with Crippen molar-refractivity contribution in [2.75, 3.05) is 33.8 Å². The molecule has 0 aromatic carbocycles. The second-order valence-corrected chi connectivity index (χ2v) is 7.84. The molecule has 0 radical (unpaired) electrons. The first-order valence-electron chi connectivity index (χ1n) is 10.1. The summed E-state index contributed by atoms with van der Waals surface area (Å²) in [5.41, 5.74) is -1.22. The second kappa shape index (κ2) is 8.94. The second-order valence-electron chi connectivity index (χ2n) is 7.84. The molecular formula is C19H27F3N4O6. The highest BCUT2D eigenvalue weighted by Crippen LogP contribution is 2.51. The van der Waals surface area contributed by atoms with Gasteiger partial charge in [-0.25, -0.2) is 9.59 Å². The van der Waals surface area contributed by atoms with E-state index in [1.54, 1.807) is 6.92 Å². The number of carboxylic acids is 1. The van der Waals surface area contributed by atoms with Crippen molar-refractivity contribution in [3.63, 3.8) is 0 Å². The Balaban J connectivity index is 0.000000451. The van der Waals surface area contributed by atoms with Crippen LogP contribution in [0.3, 0.4) is 0 Å². The number of aliphatic imine (C=N–C) groups is 1. The van der Waals surface area contributed by atoms with Crippen LogP contribution in [0.1, 0.15) is 27.2 Å². The standard InChI is InChI=1S/C17H26N4O4.C2HF3O2/c1-6-8-18-16-20(7-2)9-10-11-12(14(23)19(4)13(11)22)17(3,21(10)16)15(24)25-5;3-2(4,5)1(6)7/h10-12H,6-9H2,1-5H3;(H,6,7)/t10-,11+,12-,17-;/m1./s1. The predicted octanol–water partition coefficient (Wildman–Crippen LogP) is 0.568. The number of amides is 2. The Morgan fingerprint density at radius 2 is 1.81 bits per heavy atom. The van der Waals surface area contributed by atoms with Gasteiger partial charge in [0.2, 0.25) is 11.8 Å². The average molecular weight is 464 g/mol. The van der Waals surface area contributed by atoms with Gasteiger partial charge in [-0.1, -0.05) is 6.92 Å². The summed E-state index contributed by atoms with van der Waals surface area (Å²) < 4.78 is 36.8. The van der Waals surface area contributed by atoms with Crippen LogP contribution in [0.15, 0.2) is 4.99 Å². The lowest BCUT2D eigenvalue weighted by molar-refractivity contribution is -0.192. The number of alkyl halides is 3. The Hall–Kier alpha value is -2.86. The van der Waals surface area contributed by atoms with Crippen LogP contribution in [0.2, 0.25) is 0 Å². The molecule has 10 nitrogen and oxygen atoms in total. The van der Waals surface area contributed by atoms with Crippen LogP contribution in [0, 0.1) is 11.8 Å². The van der Waals surface area contributed by atoms with E-state index in [4.69, 9.17) is 14.6 Å². The molecular weight excluding hydrogens is 437 g/mol. The number of methoxy groups -OCH3 is 1. The number of hydrogen-bond donors (Lipinski definition) is 1. The van der Waals surface area contributed by atoms with E-state index in [0.717, 1.165) is 17.9 Å². The summed E-state index contributed by atoms with van der Waals surface area (Å²) in [6.07, 6.45) is -4.21. The number of likely N-dealkylation sites (tertiary alicyclic amines) is 1. The molecule has 2 amide bonds. The molecule has 0 unspecified atom stereocenters. The van der Waals surface area contributed by atoms with Gasteiger partial charge in [0.05, 0.1) is 25.0 Å². The molecule has 3 aliphatic rings. The summed E-state index contributed by atoms with van der Waals surface area (Å²) >= 11 is 0. The summed E-state index contributed by atoms with van der Waals surface area (Å²) in [5, 5.41) is 7.12. The summed E-state index contributed by atoms with van der Waals surface area (Å²) in [5.74, 6) is -4.35. The Bertz CT molecular complexity index is 832. The highest BCUT2D eigenvalue weighted by Gasteiger charge is 2.72. The van der Waals surface area contributed by atoms with Crippen molar-refractivity contribution in [3.8, 4) is 0 Å². The number of esters is 1. The van der Waals surface area contributed by atoms with Crippen molar-refractivity contribution in [3.05, 3.63) is 0 Å². The zero-order valence-corrected chi connectivity index (χ0v) is 18.5. The van der Waals surface area contributed by atoms with Crippen molar-refractivity contribution in [1.82, 2.24) is 14.7 Å². The maximum Gasteiger partial charge on any atom is 0.490 e. The van der Waals surface area contributed by atoms with Gasteiger partial charge < -0.3 is 19.6 Å². The molecule has 4 atom stereocenters. The molecule has 0 aliphatic carbocycles. The van der Waals surface area contributed by atoms with Crippen LogP contribution in [0.5, 0.6) is 0 Å². The molecule has 3 aliphatic heterocycles. The van der Waals surface area contributed by atoms with Gasteiger partial charge in [0.25, 0.3) is 0 Å². The number of aliphatic carboxylic acids is 1. The van der Waals surface area contributed by atoms with Crippen molar-refractivity contribution in [1.29, 1.82) is 0 Å². The van der Waals surface area contributed by atoms with E-state index in [9.17, 15) is 27.6 Å². The largest absolute Gasteiger partial charge is 0.490 e. The fourth-order valence-electron chi connectivity index (χ4n) is 4.57. The first kappa shape index (κ1) is 25.4. The third-order valence-electron chi connectivity index (χ3n) is 6.03.